The Balaban J connectivity index is 0.00000364. The van der Waals surface area contributed by atoms with E-state index in [1.54, 1.807) is 7.11 Å². The molecular formula is C21H36IN3O2. The molecule has 6 heteroatoms. The van der Waals surface area contributed by atoms with Crippen LogP contribution in [0, 0.1) is 5.41 Å². The van der Waals surface area contributed by atoms with E-state index in [2.05, 4.69) is 34.7 Å². The second-order valence-electron chi connectivity index (χ2n) is 7.10. The van der Waals surface area contributed by atoms with Crippen molar-refractivity contribution >= 4 is 29.9 Å². The minimum atomic E-state index is 0. The van der Waals surface area contributed by atoms with Crippen molar-refractivity contribution in [1.82, 2.24) is 10.6 Å². The second kappa shape index (κ2) is 13.3. The normalized spacial score (nSPS) is 17.2. The van der Waals surface area contributed by atoms with Crippen molar-refractivity contribution in [2.75, 3.05) is 40.5 Å². The Kier molecular flexibility index (Phi) is 11.9. The molecule has 1 aliphatic rings. The van der Waals surface area contributed by atoms with Crippen molar-refractivity contribution in [3.63, 3.8) is 0 Å². The highest BCUT2D eigenvalue weighted by atomic mass is 127. The summed E-state index contributed by atoms with van der Waals surface area (Å²) in [5, 5.41) is 6.95. The second-order valence-corrected chi connectivity index (χ2v) is 7.10. The summed E-state index contributed by atoms with van der Waals surface area (Å²) in [4.78, 5) is 4.38. The number of guanidine groups is 1. The predicted molar refractivity (Wildman–Crippen MR) is 123 cm³/mol. The first kappa shape index (κ1) is 24.2. The summed E-state index contributed by atoms with van der Waals surface area (Å²) in [5.41, 5.74) is 1.51. The van der Waals surface area contributed by atoms with Gasteiger partial charge in [-0.15, -0.1) is 24.0 Å². The van der Waals surface area contributed by atoms with E-state index >= 15 is 0 Å². The van der Waals surface area contributed by atoms with E-state index in [1.807, 2.05) is 25.2 Å². The molecule has 1 saturated carbocycles. The number of halogens is 1. The van der Waals surface area contributed by atoms with Gasteiger partial charge in [0, 0.05) is 40.5 Å². The monoisotopic (exact) mass is 489 g/mol. The molecule has 0 heterocycles. The zero-order valence-corrected chi connectivity index (χ0v) is 19.3. The number of methoxy groups -OCH3 is 1. The molecule has 27 heavy (non-hydrogen) atoms. The maximum atomic E-state index is 5.63. The molecule has 0 spiro atoms. The summed E-state index contributed by atoms with van der Waals surface area (Å²) in [6.07, 6.45) is 6.31. The van der Waals surface area contributed by atoms with Crippen LogP contribution in [0.25, 0.3) is 0 Å². The van der Waals surface area contributed by atoms with E-state index in [4.69, 9.17) is 9.47 Å². The van der Waals surface area contributed by atoms with Crippen LogP contribution in [0.15, 0.2) is 35.3 Å². The van der Waals surface area contributed by atoms with Gasteiger partial charge in [-0.25, -0.2) is 0 Å². The smallest absolute Gasteiger partial charge is 0.191 e. The molecule has 0 saturated heterocycles. The topological polar surface area (TPSA) is 54.9 Å². The summed E-state index contributed by atoms with van der Waals surface area (Å²) in [6.45, 7) is 5.34. The minimum Gasteiger partial charge on any atom is -0.382 e. The van der Waals surface area contributed by atoms with Crippen LogP contribution < -0.4 is 10.6 Å². The lowest BCUT2D eigenvalue weighted by Crippen LogP contribution is -2.44. The highest BCUT2D eigenvalue weighted by molar-refractivity contribution is 14.0. The van der Waals surface area contributed by atoms with Crippen LogP contribution in [0.5, 0.6) is 0 Å². The Hall–Kier alpha value is -0.860. The lowest BCUT2D eigenvalue weighted by atomic mass is 9.83. The molecule has 1 aromatic carbocycles. The third kappa shape index (κ3) is 7.95. The zero-order chi connectivity index (χ0) is 18.7. The molecule has 1 aromatic rings. The largest absolute Gasteiger partial charge is 0.382 e. The number of nitrogens with one attached hydrogen (secondary N) is 2. The molecule has 1 atom stereocenters. The standard InChI is InChI=1S/C21H35N3O2.HI/c1-4-26-15-14-21(12-8-9-13-21)17-24-20(22-2)23-16-19(25-3)18-10-6-5-7-11-18;/h5-7,10-11,19H,4,8-9,12-17H2,1-3H3,(H2,22,23,24);1H. The van der Waals surface area contributed by atoms with Crippen LogP contribution in [-0.2, 0) is 9.47 Å². The number of hydrogen-bond acceptors (Lipinski definition) is 3. The van der Waals surface area contributed by atoms with E-state index in [1.165, 1.54) is 31.2 Å². The summed E-state index contributed by atoms with van der Waals surface area (Å²) in [7, 11) is 3.57. The Morgan fingerprint density at radius 1 is 1.19 bits per heavy atom. The number of rotatable bonds is 10. The fourth-order valence-electron chi connectivity index (χ4n) is 3.76. The quantitative estimate of drug-likeness (QED) is 0.225. The Morgan fingerprint density at radius 2 is 1.89 bits per heavy atom. The maximum absolute atomic E-state index is 5.63. The van der Waals surface area contributed by atoms with Crippen LogP contribution in [0.1, 0.15) is 50.7 Å². The van der Waals surface area contributed by atoms with Crippen LogP contribution >= 0.6 is 24.0 Å². The molecule has 1 aliphatic carbocycles. The molecule has 0 aromatic heterocycles. The van der Waals surface area contributed by atoms with E-state index in [0.29, 0.717) is 12.0 Å². The molecule has 1 fully saturated rings. The van der Waals surface area contributed by atoms with Gasteiger partial charge in [-0.2, -0.15) is 0 Å². The molecular weight excluding hydrogens is 453 g/mol. The lowest BCUT2D eigenvalue weighted by molar-refractivity contribution is 0.103. The maximum Gasteiger partial charge on any atom is 0.191 e. The molecule has 0 aliphatic heterocycles. The van der Waals surface area contributed by atoms with Gasteiger partial charge in [0.15, 0.2) is 5.96 Å². The number of aliphatic imine (C=N–C) groups is 1. The van der Waals surface area contributed by atoms with Gasteiger partial charge in [-0.1, -0.05) is 43.2 Å². The fraction of sp³-hybridized carbons (Fsp3) is 0.667. The van der Waals surface area contributed by atoms with Gasteiger partial charge >= 0.3 is 0 Å². The first-order valence-corrected chi connectivity index (χ1v) is 9.83. The van der Waals surface area contributed by atoms with E-state index < -0.39 is 0 Å². The van der Waals surface area contributed by atoms with Crippen LogP contribution in [0.3, 0.4) is 0 Å². The van der Waals surface area contributed by atoms with Gasteiger partial charge in [0.1, 0.15) is 0 Å². The summed E-state index contributed by atoms with van der Waals surface area (Å²) < 4.78 is 11.2. The summed E-state index contributed by atoms with van der Waals surface area (Å²) >= 11 is 0. The van der Waals surface area contributed by atoms with Crippen molar-refractivity contribution in [2.24, 2.45) is 10.4 Å². The molecule has 1 unspecified atom stereocenters. The molecule has 2 rings (SSSR count). The minimum absolute atomic E-state index is 0. The SMILES string of the molecule is CCOCCC1(CNC(=NC)NCC(OC)c2ccccc2)CCCC1.I. The van der Waals surface area contributed by atoms with E-state index in [-0.39, 0.29) is 30.1 Å². The first-order chi connectivity index (χ1) is 12.7. The van der Waals surface area contributed by atoms with E-state index in [0.717, 1.165) is 32.1 Å². The van der Waals surface area contributed by atoms with Gasteiger partial charge in [0.2, 0.25) is 0 Å². The van der Waals surface area contributed by atoms with Crippen molar-refractivity contribution < 1.29 is 9.47 Å². The lowest BCUT2D eigenvalue weighted by Gasteiger charge is -2.30. The number of nitrogens with zero attached hydrogens (tertiary/aromatic N) is 1. The first-order valence-electron chi connectivity index (χ1n) is 9.83. The highest BCUT2D eigenvalue weighted by Gasteiger charge is 2.33. The molecule has 154 valence electrons. The van der Waals surface area contributed by atoms with Gasteiger partial charge in [-0.05, 0) is 37.2 Å². The molecule has 2 N–H and O–H groups in total. The van der Waals surface area contributed by atoms with Crippen molar-refractivity contribution in [1.29, 1.82) is 0 Å². The third-order valence-corrected chi connectivity index (χ3v) is 5.41. The zero-order valence-electron chi connectivity index (χ0n) is 17.0. The summed E-state index contributed by atoms with van der Waals surface area (Å²) in [6, 6.07) is 10.3. The number of ether oxygens (including phenoxy) is 2. The van der Waals surface area contributed by atoms with Gasteiger partial charge < -0.3 is 20.1 Å². The van der Waals surface area contributed by atoms with Gasteiger partial charge in [-0.3, -0.25) is 4.99 Å². The molecule has 5 nitrogen and oxygen atoms in total. The van der Waals surface area contributed by atoms with Crippen molar-refractivity contribution in [3.05, 3.63) is 35.9 Å². The average Bonchev–Trinajstić information content (AvgIpc) is 3.15. The summed E-state index contributed by atoms with van der Waals surface area (Å²) in [5.74, 6) is 0.839. The molecule has 0 bridgehead atoms. The Bertz CT molecular complexity index is 533. The highest BCUT2D eigenvalue weighted by Crippen LogP contribution is 2.40. The molecule has 0 radical (unpaired) electrons. The molecule has 0 amide bonds. The van der Waals surface area contributed by atoms with Crippen LogP contribution in [0.2, 0.25) is 0 Å². The Labute approximate surface area is 181 Å². The number of hydrogen-bond donors (Lipinski definition) is 2. The van der Waals surface area contributed by atoms with Crippen LogP contribution in [-0.4, -0.2) is 46.4 Å². The average molecular weight is 489 g/mol. The third-order valence-electron chi connectivity index (χ3n) is 5.41. The predicted octanol–water partition coefficient (Wildman–Crippen LogP) is 4.14. The van der Waals surface area contributed by atoms with E-state index in [9.17, 15) is 0 Å². The fourth-order valence-corrected chi connectivity index (χ4v) is 3.76. The van der Waals surface area contributed by atoms with Gasteiger partial charge in [0.25, 0.3) is 0 Å². The van der Waals surface area contributed by atoms with Crippen molar-refractivity contribution in [2.45, 2.75) is 45.1 Å². The Morgan fingerprint density at radius 3 is 2.48 bits per heavy atom. The number of benzene rings is 1. The van der Waals surface area contributed by atoms with Gasteiger partial charge in [0.05, 0.1) is 6.10 Å². The van der Waals surface area contributed by atoms with Crippen LogP contribution in [0.4, 0.5) is 0 Å². The van der Waals surface area contributed by atoms with Crippen molar-refractivity contribution in [3.8, 4) is 0 Å².